The molecule has 2 aromatic rings. The van der Waals surface area contributed by atoms with Crippen LogP contribution in [0.1, 0.15) is 11.1 Å². The molecule has 0 amide bonds. The van der Waals surface area contributed by atoms with Crippen LogP contribution in [0.4, 0.5) is 19.0 Å². The summed E-state index contributed by atoms with van der Waals surface area (Å²) in [4.78, 5) is 8.13. The molecule has 1 aromatic heterocycles. The van der Waals surface area contributed by atoms with Crippen molar-refractivity contribution in [1.82, 2.24) is 9.88 Å². The van der Waals surface area contributed by atoms with E-state index in [1.54, 1.807) is 0 Å². The normalized spacial score (nSPS) is 16.8. The van der Waals surface area contributed by atoms with Gasteiger partial charge in [-0.15, -0.1) is 12.4 Å². The average molecular weight is 436 g/mol. The molecule has 1 fully saturated rings. The van der Waals surface area contributed by atoms with E-state index >= 15 is 0 Å². The highest BCUT2D eigenvalue weighted by Gasteiger charge is 2.32. The predicted molar refractivity (Wildman–Crippen MR) is 102 cm³/mol. The highest BCUT2D eigenvalue weighted by Crippen LogP contribution is 2.34. The maximum absolute atomic E-state index is 12.7. The number of nitrogens with zero attached hydrogens (tertiary/aromatic N) is 3. The summed E-state index contributed by atoms with van der Waals surface area (Å²) >= 11 is 6.05. The Bertz CT molecular complexity index is 843. The summed E-state index contributed by atoms with van der Waals surface area (Å²) in [6.45, 7) is 3.81. The minimum absolute atomic E-state index is 0. The molecule has 0 spiro atoms. The molecule has 0 bridgehead atoms. The first-order valence-electron chi connectivity index (χ1n) is 8.49. The van der Waals surface area contributed by atoms with Crippen LogP contribution in [0.5, 0.6) is 11.5 Å². The number of piperazine rings is 1. The van der Waals surface area contributed by atoms with Crippen LogP contribution in [0, 0.1) is 0 Å². The van der Waals surface area contributed by atoms with Gasteiger partial charge in [-0.25, -0.2) is 4.98 Å². The number of ether oxygens (including phenoxy) is 2. The molecule has 5 nitrogen and oxygen atoms in total. The Kier molecular flexibility index (Phi) is 6.12. The Balaban J connectivity index is 0.00000225. The van der Waals surface area contributed by atoms with E-state index in [9.17, 15) is 13.2 Å². The number of pyridine rings is 1. The van der Waals surface area contributed by atoms with Crippen molar-refractivity contribution in [3.63, 3.8) is 0 Å². The lowest BCUT2D eigenvalue weighted by atomic mass is 10.1. The molecule has 28 heavy (non-hydrogen) atoms. The molecule has 3 heterocycles. The van der Waals surface area contributed by atoms with Crippen molar-refractivity contribution in [1.29, 1.82) is 0 Å². The Morgan fingerprint density at radius 2 is 1.75 bits per heavy atom. The van der Waals surface area contributed by atoms with Crippen LogP contribution in [0.2, 0.25) is 5.02 Å². The van der Waals surface area contributed by atoms with E-state index in [1.165, 1.54) is 0 Å². The molecule has 0 radical (unpaired) electrons. The van der Waals surface area contributed by atoms with E-state index in [-0.39, 0.29) is 24.2 Å². The van der Waals surface area contributed by atoms with Gasteiger partial charge in [0.25, 0.3) is 0 Å². The van der Waals surface area contributed by atoms with Gasteiger partial charge < -0.3 is 14.4 Å². The Morgan fingerprint density at radius 1 is 1.04 bits per heavy atom. The monoisotopic (exact) mass is 435 g/mol. The largest absolute Gasteiger partial charge is 0.454 e. The molecule has 1 aromatic carbocycles. The van der Waals surface area contributed by atoms with Crippen LogP contribution in [0.15, 0.2) is 30.5 Å². The van der Waals surface area contributed by atoms with Gasteiger partial charge in [0.05, 0.1) is 10.6 Å². The van der Waals surface area contributed by atoms with Crippen LogP contribution < -0.4 is 14.4 Å². The van der Waals surface area contributed by atoms with Crippen LogP contribution in [-0.2, 0) is 12.7 Å². The van der Waals surface area contributed by atoms with Gasteiger partial charge in [-0.2, -0.15) is 13.2 Å². The zero-order valence-electron chi connectivity index (χ0n) is 14.7. The Morgan fingerprint density at radius 3 is 2.43 bits per heavy atom. The summed E-state index contributed by atoms with van der Waals surface area (Å²) < 4.78 is 49.0. The van der Waals surface area contributed by atoms with E-state index in [4.69, 9.17) is 21.1 Å². The van der Waals surface area contributed by atoms with Crippen molar-refractivity contribution in [2.75, 3.05) is 37.9 Å². The zero-order valence-corrected chi connectivity index (χ0v) is 16.3. The van der Waals surface area contributed by atoms with Crippen molar-refractivity contribution >= 4 is 29.8 Å². The summed E-state index contributed by atoms with van der Waals surface area (Å²) in [5.74, 6) is 1.91. The number of anilines is 1. The third-order valence-electron chi connectivity index (χ3n) is 4.66. The lowest BCUT2D eigenvalue weighted by Gasteiger charge is -2.35. The molecule has 1 saturated heterocycles. The number of hydrogen-bond acceptors (Lipinski definition) is 5. The standard InChI is InChI=1S/C18H17ClF3N3O2.ClH/c19-14-8-13(18(20,21)22)9-23-17(14)25-5-3-24(4-6-25)10-12-1-2-15-16(7-12)27-11-26-15;/h1-2,7-9H,3-6,10-11H2;1H. The lowest BCUT2D eigenvalue weighted by molar-refractivity contribution is -0.137. The van der Waals surface area contributed by atoms with E-state index in [2.05, 4.69) is 9.88 Å². The zero-order chi connectivity index (χ0) is 19.0. The number of hydrogen-bond donors (Lipinski definition) is 0. The van der Waals surface area contributed by atoms with Crippen LogP contribution in [0.25, 0.3) is 0 Å². The molecular formula is C18H18Cl2F3N3O2. The third kappa shape index (κ3) is 4.39. The highest BCUT2D eigenvalue weighted by molar-refractivity contribution is 6.33. The molecule has 4 rings (SSSR count). The summed E-state index contributed by atoms with van der Waals surface area (Å²) in [7, 11) is 0. The number of aromatic nitrogens is 1. The molecule has 2 aliphatic rings. The van der Waals surface area contributed by atoms with Gasteiger partial charge >= 0.3 is 6.18 Å². The lowest BCUT2D eigenvalue weighted by Crippen LogP contribution is -2.46. The number of alkyl halides is 3. The van der Waals surface area contributed by atoms with Crippen molar-refractivity contribution < 1.29 is 22.6 Å². The first-order valence-corrected chi connectivity index (χ1v) is 8.86. The first-order chi connectivity index (χ1) is 12.9. The van der Waals surface area contributed by atoms with Crippen molar-refractivity contribution in [2.24, 2.45) is 0 Å². The molecule has 0 N–H and O–H groups in total. The van der Waals surface area contributed by atoms with Crippen molar-refractivity contribution in [2.45, 2.75) is 12.7 Å². The third-order valence-corrected chi connectivity index (χ3v) is 4.94. The summed E-state index contributed by atoms with van der Waals surface area (Å²) in [6.07, 6.45) is -3.61. The molecule has 0 saturated carbocycles. The fraction of sp³-hybridized carbons (Fsp3) is 0.389. The SMILES string of the molecule is Cl.FC(F)(F)c1cnc(N2CCN(Cc3ccc4c(c3)OCO4)CC2)c(Cl)c1. The Hall–Kier alpha value is -1.90. The molecule has 10 heteroatoms. The van der Waals surface area contributed by atoms with Gasteiger partial charge in [0.15, 0.2) is 11.5 Å². The predicted octanol–water partition coefficient (Wildman–Crippen LogP) is 4.23. The minimum atomic E-state index is -4.45. The summed E-state index contributed by atoms with van der Waals surface area (Å²) in [5.41, 5.74) is 0.288. The first kappa shape index (κ1) is 20.8. The number of rotatable bonds is 3. The highest BCUT2D eigenvalue weighted by atomic mass is 35.5. The second-order valence-electron chi connectivity index (χ2n) is 6.48. The number of halogens is 5. The second kappa shape index (κ2) is 8.23. The van der Waals surface area contributed by atoms with Crippen molar-refractivity contribution in [3.8, 4) is 11.5 Å². The summed E-state index contributed by atoms with van der Waals surface area (Å²) in [6, 6.07) is 6.82. The van der Waals surface area contributed by atoms with E-state index in [1.807, 2.05) is 23.1 Å². The van der Waals surface area contributed by atoms with E-state index in [0.29, 0.717) is 18.9 Å². The number of benzene rings is 1. The van der Waals surface area contributed by atoms with Crippen molar-refractivity contribution in [3.05, 3.63) is 46.6 Å². The van der Waals surface area contributed by atoms with Gasteiger partial charge in [-0.05, 0) is 23.8 Å². The molecule has 2 aliphatic heterocycles. The van der Waals surface area contributed by atoms with Crippen LogP contribution in [0.3, 0.4) is 0 Å². The van der Waals surface area contributed by atoms with Gasteiger partial charge in [0.1, 0.15) is 5.82 Å². The minimum Gasteiger partial charge on any atom is -0.454 e. The Labute approximate surface area is 171 Å². The average Bonchev–Trinajstić information content (AvgIpc) is 3.09. The number of fused-ring (bicyclic) bond motifs is 1. The van der Waals surface area contributed by atoms with Gasteiger partial charge in [0.2, 0.25) is 6.79 Å². The molecule has 0 unspecified atom stereocenters. The van der Waals surface area contributed by atoms with E-state index in [0.717, 1.165) is 49.0 Å². The topological polar surface area (TPSA) is 37.8 Å². The molecular weight excluding hydrogens is 418 g/mol. The van der Waals surface area contributed by atoms with Gasteiger partial charge in [-0.1, -0.05) is 17.7 Å². The van der Waals surface area contributed by atoms with E-state index < -0.39 is 11.7 Å². The van der Waals surface area contributed by atoms with Crippen LogP contribution in [-0.4, -0.2) is 42.9 Å². The quantitative estimate of drug-likeness (QED) is 0.721. The summed E-state index contributed by atoms with van der Waals surface area (Å²) in [5, 5.41) is 0.0223. The molecule has 0 atom stereocenters. The van der Waals surface area contributed by atoms with Crippen LogP contribution >= 0.6 is 24.0 Å². The smallest absolute Gasteiger partial charge is 0.417 e. The van der Waals surface area contributed by atoms with Gasteiger partial charge in [0, 0.05) is 38.9 Å². The maximum Gasteiger partial charge on any atom is 0.417 e. The fourth-order valence-electron chi connectivity index (χ4n) is 3.23. The molecule has 0 aliphatic carbocycles. The molecule has 152 valence electrons. The maximum atomic E-state index is 12.7. The van der Waals surface area contributed by atoms with Gasteiger partial charge in [-0.3, -0.25) is 4.90 Å². The second-order valence-corrected chi connectivity index (χ2v) is 6.89. The fourth-order valence-corrected chi connectivity index (χ4v) is 3.52.